The Labute approximate surface area is 110 Å². The van der Waals surface area contributed by atoms with E-state index in [9.17, 15) is 4.79 Å². The van der Waals surface area contributed by atoms with Crippen molar-refractivity contribution in [3.05, 3.63) is 29.1 Å². The molecule has 2 aromatic rings. The Morgan fingerprint density at radius 3 is 3.11 bits per heavy atom. The van der Waals surface area contributed by atoms with E-state index in [1.807, 2.05) is 22.3 Å². The number of amides is 1. The lowest BCUT2D eigenvalue weighted by Gasteiger charge is -2.04. The number of thiophene rings is 1. The van der Waals surface area contributed by atoms with Crippen LogP contribution in [0.2, 0.25) is 0 Å². The van der Waals surface area contributed by atoms with Gasteiger partial charge in [0.05, 0.1) is 12.2 Å². The number of hydrogen-bond acceptors (Lipinski definition) is 3. The minimum absolute atomic E-state index is 0.195. The smallest absolute Gasteiger partial charge is 0.223 e. The zero-order valence-electron chi connectivity index (χ0n) is 10.0. The van der Waals surface area contributed by atoms with Crippen molar-refractivity contribution in [3.8, 4) is 11.3 Å². The monoisotopic (exact) mass is 261 g/mol. The first-order valence-corrected chi connectivity index (χ1v) is 7.11. The highest BCUT2D eigenvalue weighted by Crippen LogP contribution is 2.28. The third kappa shape index (κ3) is 2.61. The van der Waals surface area contributed by atoms with Crippen LogP contribution in [0, 0.1) is 5.92 Å². The van der Waals surface area contributed by atoms with Gasteiger partial charge in [0, 0.05) is 29.6 Å². The Balaban J connectivity index is 1.52. The number of hydrogen-bond donors (Lipinski definition) is 1. The van der Waals surface area contributed by atoms with Gasteiger partial charge in [-0.05, 0) is 30.4 Å². The highest BCUT2D eigenvalue weighted by molar-refractivity contribution is 7.08. The number of rotatable bonds is 5. The molecule has 0 radical (unpaired) electrons. The van der Waals surface area contributed by atoms with E-state index in [1.165, 1.54) is 0 Å². The molecule has 18 heavy (non-hydrogen) atoms. The van der Waals surface area contributed by atoms with Crippen LogP contribution >= 0.6 is 11.3 Å². The average Bonchev–Trinajstić information content (AvgIpc) is 2.90. The Hall–Kier alpha value is -1.62. The number of aromatic nitrogens is 2. The molecule has 2 aromatic heterocycles. The molecule has 0 bridgehead atoms. The molecule has 1 fully saturated rings. The van der Waals surface area contributed by atoms with E-state index in [-0.39, 0.29) is 11.8 Å². The van der Waals surface area contributed by atoms with Crippen LogP contribution in [0.5, 0.6) is 0 Å². The van der Waals surface area contributed by atoms with Crippen molar-refractivity contribution in [1.29, 1.82) is 0 Å². The lowest BCUT2D eigenvalue weighted by atomic mass is 10.2. The molecule has 0 saturated heterocycles. The van der Waals surface area contributed by atoms with E-state index in [0.717, 1.165) is 30.6 Å². The third-order valence-electron chi connectivity index (χ3n) is 3.05. The molecular formula is C13H15N3OS. The molecule has 0 spiro atoms. The number of carbonyl (C=O) groups is 1. The molecule has 0 aliphatic heterocycles. The van der Waals surface area contributed by atoms with E-state index in [4.69, 9.17) is 0 Å². The lowest BCUT2D eigenvalue weighted by molar-refractivity contribution is -0.122. The van der Waals surface area contributed by atoms with Crippen LogP contribution in [-0.4, -0.2) is 22.2 Å². The fourth-order valence-corrected chi connectivity index (χ4v) is 2.48. The quantitative estimate of drug-likeness (QED) is 0.896. The van der Waals surface area contributed by atoms with Gasteiger partial charge in [0.2, 0.25) is 5.91 Å². The fourth-order valence-electron chi connectivity index (χ4n) is 1.83. The van der Waals surface area contributed by atoms with E-state index < -0.39 is 0 Å². The second-order valence-corrected chi connectivity index (χ2v) is 5.32. The molecule has 1 aliphatic carbocycles. The molecule has 5 heteroatoms. The Morgan fingerprint density at radius 1 is 1.50 bits per heavy atom. The second kappa shape index (κ2) is 4.94. The zero-order chi connectivity index (χ0) is 12.4. The normalized spacial score (nSPS) is 14.7. The van der Waals surface area contributed by atoms with Gasteiger partial charge < -0.3 is 5.32 Å². The molecule has 0 aromatic carbocycles. The van der Waals surface area contributed by atoms with Crippen LogP contribution in [-0.2, 0) is 11.3 Å². The van der Waals surface area contributed by atoms with Crippen LogP contribution in [0.15, 0.2) is 29.1 Å². The molecule has 1 aliphatic rings. The number of nitrogens with one attached hydrogen (secondary N) is 1. The minimum Gasteiger partial charge on any atom is -0.354 e. The Morgan fingerprint density at radius 2 is 2.39 bits per heavy atom. The van der Waals surface area contributed by atoms with Crippen molar-refractivity contribution in [3.63, 3.8) is 0 Å². The van der Waals surface area contributed by atoms with Gasteiger partial charge in [-0.1, -0.05) is 0 Å². The van der Waals surface area contributed by atoms with Gasteiger partial charge >= 0.3 is 0 Å². The molecule has 2 heterocycles. The molecular weight excluding hydrogens is 246 g/mol. The maximum absolute atomic E-state index is 11.4. The number of carbonyl (C=O) groups excluding carboxylic acids is 1. The van der Waals surface area contributed by atoms with E-state index in [0.29, 0.717) is 6.54 Å². The first kappa shape index (κ1) is 11.5. The van der Waals surface area contributed by atoms with Crippen molar-refractivity contribution >= 4 is 17.2 Å². The van der Waals surface area contributed by atoms with E-state index in [1.54, 1.807) is 11.3 Å². The highest BCUT2D eigenvalue weighted by Gasteiger charge is 2.28. The van der Waals surface area contributed by atoms with Crippen molar-refractivity contribution in [1.82, 2.24) is 15.1 Å². The fraction of sp³-hybridized carbons (Fsp3) is 0.385. The molecule has 0 unspecified atom stereocenters. The lowest BCUT2D eigenvalue weighted by Crippen LogP contribution is -2.28. The van der Waals surface area contributed by atoms with Gasteiger partial charge in [-0.25, -0.2) is 0 Å². The van der Waals surface area contributed by atoms with Crippen molar-refractivity contribution < 1.29 is 4.79 Å². The molecule has 94 valence electrons. The van der Waals surface area contributed by atoms with Crippen LogP contribution in [0.1, 0.15) is 12.8 Å². The predicted molar refractivity (Wildman–Crippen MR) is 71.3 cm³/mol. The topological polar surface area (TPSA) is 46.9 Å². The highest BCUT2D eigenvalue weighted by atomic mass is 32.1. The first-order chi connectivity index (χ1) is 8.83. The molecule has 1 amide bonds. The molecule has 1 saturated carbocycles. The van der Waals surface area contributed by atoms with Crippen LogP contribution in [0.4, 0.5) is 0 Å². The zero-order valence-corrected chi connectivity index (χ0v) is 10.8. The maximum Gasteiger partial charge on any atom is 0.223 e. The van der Waals surface area contributed by atoms with Gasteiger partial charge in [-0.2, -0.15) is 16.4 Å². The van der Waals surface area contributed by atoms with Crippen LogP contribution < -0.4 is 5.32 Å². The second-order valence-electron chi connectivity index (χ2n) is 4.54. The Bertz CT molecular complexity index is 528. The summed E-state index contributed by atoms with van der Waals surface area (Å²) in [7, 11) is 0. The summed E-state index contributed by atoms with van der Waals surface area (Å²) in [5.74, 6) is 0.476. The summed E-state index contributed by atoms with van der Waals surface area (Å²) in [4.78, 5) is 11.4. The van der Waals surface area contributed by atoms with Crippen LogP contribution in [0.3, 0.4) is 0 Å². The first-order valence-electron chi connectivity index (χ1n) is 6.16. The summed E-state index contributed by atoms with van der Waals surface area (Å²) in [6.07, 6.45) is 4.06. The van der Waals surface area contributed by atoms with Crippen molar-refractivity contribution in [2.24, 2.45) is 5.92 Å². The van der Waals surface area contributed by atoms with E-state index >= 15 is 0 Å². The molecule has 3 rings (SSSR count). The standard InChI is InChI=1S/C13H15N3OS/c17-13(10-1-2-10)14-5-7-16-6-3-12(15-16)11-4-8-18-9-11/h3-4,6,8-10H,1-2,5,7H2,(H,14,17). The summed E-state index contributed by atoms with van der Waals surface area (Å²) in [6.45, 7) is 1.38. The summed E-state index contributed by atoms with van der Waals surface area (Å²) < 4.78 is 1.88. The third-order valence-corrected chi connectivity index (χ3v) is 3.73. The van der Waals surface area contributed by atoms with E-state index in [2.05, 4.69) is 21.9 Å². The predicted octanol–water partition coefficient (Wildman–Crippen LogP) is 2.14. The minimum atomic E-state index is 0.195. The van der Waals surface area contributed by atoms with Crippen molar-refractivity contribution in [2.75, 3.05) is 6.54 Å². The summed E-state index contributed by atoms with van der Waals surface area (Å²) in [6, 6.07) is 4.07. The van der Waals surface area contributed by atoms with Gasteiger partial charge in [-0.3, -0.25) is 9.48 Å². The summed E-state index contributed by atoms with van der Waals surface area (Å²) >= 11 is 1.67. The van der Waals surface area contributed by atoms with Gasteiger partial charge in [0.15, 0.2) is 0 Å². The largest absolute Gasteiger partial charge is 0.354 e. The molecule has 4 nitrogen and oxygen atoms in total. The maximum atomic E-state index is 11.4. The van der Waals surface area contributed by atoms with Gasteiger partial charge in [0.25, 0.3) is 0 Å². The molecule has 1 N–H and O–H groups in total. The van der Waals surface area contributed by atoms with Crippen molar-refractivity contribution in [2.45, 2.75) is 19.4 Å². The number of nitrogens with zero attached hydrogens (tertiary/aromatic N) is 2. The van der Waals surface area contributed by atoms with Gasteiger partial charge in [0.1, 0.15) is 0 Å². The van der Waals surface area contributed by atoms with Crippen LogP contribution in [0.25, 0.3) is 11.3 Å². The summed E-state index contributed by atoms with van der Waals surface area (Å²) in [5, 5.41) is 11.6. The molecule has 0 atom stereocenters. The average molecular weight is 261 g/mol. The summed E-state index contributed by atoms with van der Waals surface area (Å²) in [5.41, 5.74) is 2.14. The Kier molecular flexibility index (Phi) is 3.15. The SMILES string of the molecule is O=C(NCCn1ccc(-c2ccsc2)n1)C1CC1. The van der Waals surface area contributed by atoms with Gasteiger partial charge in [-0.15, -0.1) is 0 Å².